The van der Waals surface area contributed by atoms with E-state index < -0.39 is 84.5 Å². The van der Waals surface area contributed by atoms with Gasteiger partial charge in [0, 0.05) is 0 Å². The molecule has 6 rings (SSSR count). The molecular formula is C21H27N10O12P2+. The van der Waals surface area contributed by atoms with Crippen molar-refractivity contribution in [3.63, 3.8) is 0 Å². The van der Waals surface area contributed by atoms with Crippen molar-refractivity contribution in [1.82, 2.24) is 39.0 Å². The van der Waals surface area contributed by atoms with Crippen LogP contribution < -0.4 is 11.5 Å². The van der Waals surface area contributed by atoms with Crippen LogP contribution in [-0.2, 0) is 32.4 Å². The van der Waals surface area contributed by atoms with E-state index in [-0.39, 0.29) is 34.0 Å². The number of phosphoric ester groups is 1. The molecule has 4 aromatic heterocycles. The number of aromatic nitrogens is 8. The molecular weight excluding hydrogens is 646 g/mol. The molecule has 2 aliphatic rings. The number of rotatable bonds is 11. The summed E-state index contributed by atoms with van der Waals surface area (Å²) in [5.74, 6) is 0.109. The molecule has 2 saturated heterocycles. The minimum absolute atomic E-state index is 0.0452. The minimum Gasteiger partial charge on any atom is -0.394 e. The van der Waals surface area contributed by atoms with E-state index in [1.54, 1.807) is 0 Å². The molecule has 0 aliphatic carbocycles. The highest BCUT2D eigenvalue weighted by molar-refractivity contribution is 7.47. The molecule has 242 valence electrons. The van der Waals surface area contributed by atoms with Gasteiger partial charge in [-0.1, -0.05) is 0 Å². The summed E-state index contributed by atoms with van der Waals surface area (Å²) in [6.07, 6.45) is -7.02. The van der Waals surface area contributed by atoms with Crippen LogP contribution in [0, 0.1) is 0 Å². The normalized spacial score (nSPS) is 30.3. The number of hydrogen-bond donors (Lipinski definition) is 7. The van der Waals surface area contributed by atoms with Crippen LogP contribution in [0.2, 0.25) is 0 Å². The molecule has 45 heavy (non-hydrogen) atoms. The number of phosphoric acid groups is 1. The first kappa shape index (κ1) is 31.6. The molecule has 6 heterocycles. The fourth-order valence-corrected chi connectivity index (χ4v) is 6.34. The summed E-state index contributed by atoms with van der Waals surface area (Å²) in [6.45, 7) is -1.41. The predicted molar refractivity (Wildman–Crippen MR) is 147 cm³/mol. The Morgan fingerprint density at radius 3 is 2.04 bits per heavy atom. The van der Waals surface area contributed by atoms with Gasteiger partial charge in [0.05, 0.1) is 25.9 Å². The van der Waals surface area contributed by atoms with E-state index >= 15 is 0 Å². The number of ether oxygens (including phenoxy) is 3. The minimum atomic E-state index is -5.08. The lowest BCUT2D eigenvalue weighted by atomic mass is 10.1. The molecule has 2 fully saturated rings. The first-order chi connectivity index (χ1) is 21.5. The lowest BCUT2D eigenvalue weighted by molar-refractivity contribution is -0.0649. The maximum absolute atomic E-state index is 13.2. The molecule has 22 nitrogen and oxygen atoms in total. The highest BCUT2D eigenvalue weighted by Gasteiger charge is 2.51. The molecule has 2 aliphatic heterocycles. The molecule has 0 radical (unpaired) electrons. The molecule has 0 aromatic carbocycles. The molecule has 0 spiro atoms. The third kappa shape index (κ3) is 5.99. The highest BCUT2D eigenvalue weighted by atomic mass is 31.2. The van der Waals surface area contributed by atoms with Crippen LogP contribution in [0.3, 0.4) is 0 Å². The number of aliphatic hydroxyl groups excluding tert-OH is 3. The van der Waals surface area contributed by atoms with E-state index in [1.165, 1.54) is 28.1 Å². The quantitative estimate of drug-likeness (QED) is 0.0840. The molecule has 4 aromatic rings. The van der Waals surface area contributed by atoms with Gasteiger partial charge in [-0.3, -0.25) is 18.2 Å². The Kier molecular flexibility index (Phi) is 8.73. The second kappa shape index (κ2) is 12.4. The van der Waals surface area contributed by atoms with Crippen LogP contribution in [0.15, 0.2) is 25.3 Å². The van der Waals surface area contributed by atoms with Crippen LogP contribution in [0.5, 0.6) is 0 Å². The summed E-state index contributed by atoms with van der Waals surface area (Å²) >= 11 is 0. The van der Waals surface area contributed by atoms with E-state index in [4.69, 9.17) is 34.7 Å². The maximum Gasteiger partial charge on any atom is 0.534 e. The largest absolute Gasteiger partial charge is 0.534 e. The van der Waals surface area contributed by atoms with E-state index in [2.05, 4.69) is 29.9 Å². The van der Waals surface area contributed by atoms with Crippen LogP contribution in [0.4, 0.5) is 11.6 Å². The summed E-state index contributed by atoms with van der Waals surface area (Å²) < 4.78 is 54.7. The van der Waals surface area contributed by atoms with Gasteiger partial charge >= 0.3 is 15.9 Å². The van der Waals surface area contributed by atoms with E-state index in [0.29, 0.717) is 0 Å². The summed E-state index contributed by atoms with van der Waals surface area (Å²) in [6, 6.07) is 0. The Morgan fingerprint density at radius 1 is 0.889 bits per heavy atom. The Labute approximate surface area is 252 Å². The van der Waals surface area contributed by atoms with Gasteiger partial charge in [0.25, 0.3) is 6.35 Å². The molecule has 10 atom stereocenters. The Morgan fingerprint density at radius 2 is 1.47 bits per heavy atom. The van der Waals surface area contributed by atoms with Crippen LogP contribution in [-0.4, -0.2) is 120 Å². The third-order valence-electron chi connectivity index (χ3n) is 7.16. The number of aliphatic hydroxyl groups is 3. The second-order valence-corrected chi connectivity index (χ2v) is 12.3. The maximum atomic E-state index is 13.2. The molecule has 0 amide bonds. The van der Waals surface area contributed by atoms with Crippen molar-refractivity contribution in [2.75, 3.05) is 31.0 Å². The highest BCUT2D eigenvalue weighted by Crippen LogP contribution is 2.50. The Bertz CT molecular complexity index is 1760. The van der Waals surface area contributed by atoms with Crippen LogP contribution in [0.1, 0.15) is 12.5 Å². The number of nitrogens with two attached hydrogens (primary N) is 2. The van der Waals surface area contributed by atoms with Gasteiger partial charge in [-0.2, -0.15) is 4.89 Å². The summed E-state index contributed by atoms with van der Waals surface area (Å²) in [5, 5.41) is 31.6. The van der Waals surface area contributed by atoms with Crippen molar-refractivity contribution in [3.05, 3.63) is 25.3 Å². The number of nitrogen functional groups attached to an aromatic ring is 2. The van der Waals surface area contributed by atoms with Gasteiger partial charge in [0.1, 0.15) is 60.3 Å². The smallest absolute Gasteiger partial charge is 0.394 e. The SMILES string of the molecule is Nc1ncnc2c1ncn2[C@@H]1O[C@H](COP(=O)(O)OC2C(O)[C@@H](CO)O[C@H]2n2cnc3c(N)ncnc32)C(OC[P+](=O)O)C1O. The van der Waals surface area contributed by atoms with Gasteiger partial charge < -0.3 is 45.9 Å². The van der Waals surface area contributed by atoms with Crippen LogP contribution in [0.25, 0.3) is 22.3 Å². The zero-order valence-electron chi connectivity index (χ0n) is 22.8. The topological polar surface area (TPSA) is 321 Å². The van der Waals surface area contributed by atoms with Crippen molar-refractivity contribution < 1.29 is 57.5 Å². The van der Waals surface area contributed by atoms with Gasteiger partial charge in [0.15, 0.2) is 35.4 Å². The lowest BCUT2D eigenvalue weighted by Gasteiger charge is -2.25. The molecule has 6 unspecified atom stereocenters. The Balaban J connectivity index is 1.21. The van der Waals surface area contributed by atoms with Gasteiger partial charge in [-0.05, 0) is 4.57 Å². The Hall–Kier alpha value is -3.37. The van der Waals surface area contributed by atoms with Crippen LogP contribution >= 0.6 is 15.9 Å². The summed E-state index contributed by atoms with van der Waals surface area (Å²) in [5.41, 5.74) is 12.4. The van der Waals surface area contributed by atoms with E-state index in [1.807, 2.05) is 0 Å². The predicted octanol–water partition coefficient (Wildman–Crippen LogP) is -2.08. The summed E-state index contributed by atoms with van der Waals surface area (Å²) in [4.78, 5) is 44.1. The lowest BCUT2D eigenvalue weighted by Crippen LogP contribution is -2.37. The summed E-state index contributed by atoms with van der Waals surface area (Å²) in [7, 11) is -7.87. The zero-order chi connectivity index (χ0) is 32.0. The average molecular weight is 673 g/mol. The number of fused-ring (bicyclic) bond motifs is 2. The zero-order valence-corrected chi connectivity index (χ0v) is 24.6. The van der Waals surface area contributed by atoms with E-state index in [9.17, 15) is 34.2 Å². The van der Waals surface area contributed by atoms with Crippen molar-refractivity contribution in [1.29, 1.82) is 0 Å². The fraction of sp³-hybridized carbons (Fsp3) is 0.524. The van der Waals surface area contributed by atoms with Crippen molar-refractivity contribution >= 4 is 49.8 Å². The van der Waals surface area contributed by atoms with Crippen molar-refractivity contribution in [2.45, 2.75) is 49.1 Å². The first-order valence-electron chi connectivity index (χ1n) is 13.0. The van der Waals surface area contributed by atoms with Gasteiger partial charge in [-0.25, -0.2) is 34.5 Å². The van der Waals surface area contributed by atoms with Crippen molar-refractivity contribution in [3.8, 4) is 0 Å². The molecule has 9 N–H and O–H groups in total. The van der Waals surface area contributed by atoms with Gasteiger partial charge in [0.2, 0.25) is 0 Å². The number of imidazole rings is 2. The molecule has 24 heteroatoms. The third-order valence-corrected chi connectivity index (χ3v) is 8.51. The van der Waals surface area contributed by atoms with E-state index in [0.717, 1.165) is 6.33 Å². The van der Waals surface area contributed by atoms with Crippen molar-refractivity contribution in [2.24, 2.45) is 0 Å². The first-order valence-corrected chi connectivity index (χ1v) is 15.9. The monoisotopic (exact) mass is 673 g/mol. The molecule has 0 saturated carbocycles. The molecule has 0 bridgehead atoms. The second-order valence-electron chi connectivity index (χ2n) is 9.91. The fourth-order valence-electron chi connectivity index (χ4n) is 5.11. The number of nitrogens with zero attached hydrogens (tertiary/aromatic N) is 8. The number of anilines is 2. The van der Waals surface area contributed by atoms with Gasteiger partial charge in [-0.15, -0.1) is 0 Å². The number of hydrogen-bond acceptors (Lipinski definition) is 18. The standard InChI is InChI=1S/C21H26N10O12P2/c22-16-10-18(26-3-24-16)30(5-28-10)20-13(34)14(39-7-44(35)36)9(42-20)2-40-45(37,38)43-15-12(33)8(1-32)41-21(15)31-6-29-11-17(23)25-4-27-19(11)31/h3-6,8-9,12-15,20-21,32-34H,1-2,7H2,(H5-,22,23,24,25,26,27,35,36,37,38)/p+1/t8-,9-,12?,13?,14?,15?,20-,21-/m1/s1. The average Bonchev–Trinajstić information content (AvgIpc) is 3.76.